The lowest BCUT2D eigenvalue weighted by Gasteiger charge is -2.41. The van der Waals surface area contributed by atoms with Gasteiger partial charge in [0.1, 0.15) is 0 Å². The van der Waals surface area contributed by atoms with Gasteiger partial charge in [0.2, 0.25) is 5.91 Å². The van der Waals surface area contributed by atoms with Crippen molar-refractivity contribution in [2.24, 2.45) is 0 Å². The van der Waals surface area contributed by atoms with Gasteiger partial charge in [0.15, 0.2) is 5.78 Å². The lowest BCUT2D eigenvalue weighted by atomic mass is 9.94. The number of piperazine rings is 2. The van der Waals surface area contributed by atoms with Gasteiger partial charge in [0.05, 0.1) is 6.54 Å². The van der Waals surface area contributed by atoms with Gasteiger partial charge >= 0.3 is 0 Å². The number of nitrogens with zero attached hydrogens (tertiary/aromatic N) is 4. The molecule has 6 heteroatoms. The number of anilines is 1. The van der Waals surface area contributed by atoms with Gasteiger partial charge in [-0.3, -0.25) is 19.4 Å². The van der Waals surface area contributed by atoms with Gasteiger partial charge in [-0.1, -0.05) is 19.3 Å². The van der Waals surface area contributed by atoms with E-state index >= 15 is 0 Å². The first-order chi connectivity index (χ1) is 14.6. The average Bonchev–Trinajstić information content (AvgIpc) is 2.80. The first kappa shape index (κ1) is 21.3. The summed E-state index contributed by atoms with van der Waals surface area (Å²) < 4.78 is 0. The highest BCUT2D eigenvalue weighted by molar-refractivity contribution is 5.94. The number of ketones is 1. The largest absolute Gasteiger partial charge is 0.369 e. The molecule has 0 radical (unpaired) electrons. The second-order valence-electron chi connectivity index (χ2n) is 9.07. The van der Waals surface area contributed by atoms with Gasteiger partial charge in [-0.05, 0) is 44.0 Å². The summed E-state index contributed by atoms with van der Waals surface area (Å²) >= 11 is 0. The zero-order valence-corrected chi connectivity index (χ0v) is 18.4. The number of Topliss-reactive ketones (excluding diaryl/α,β-unsaturated/α-hetero) is 1. The Balaban J connectivity index is 1.19. The molecule has 164 valence electrons. The third-order valence-electron chi connectivity index (χ3n) is 7.13. The van der Waals surface area contributed by atoms with E-state index in [0.717, 1.165) is 69.7 Å². The first-order valence-corrected chi connectivity index (χ1v) is 11.7. The van der Waals surface area contributed by atoms with Gasteiger partial charge in [-0.15, -0.1) is 0 Å². The van der Waals surface area contributed by atoms with Crippen molar-refractivity contribution in [2.45, 2.75) is 45.1 Å². The van der Waals surface area contributed by atoms with Gasteiger partial charge in [0, 0.05) is 69.7 Å². The minimum absolute atomic E-state index is 0.101. The monoisotopic (exact) mass is 412 g/mol. The first-order valence-electron chi connectivity index (χ1n) is 11.7. The molecule has 0 aromatic heterocycles. The summed E-state index contributed by atoms with van der Waals surface area (Å²) in [5.41, 5.74) is 1.91. The van der Waals surface area contributed by atoms with Crippen molar-refractivity contribution in [3.63, 3.8) is 0 Å². The van der Waals surface area contributed by atoms with Crippen LogP contribution < -0.4 is 4.90 Å². The Hall–Kier alpha value is -1.92. The molecule has 1 saturated carbocycles. The summed E-state index contributed by atoms with van der Waals surface area (Å²) in [6.45, 7) is 9.65. The zero-order chi connectivity index (χ0) is 20.9. The maximum atomic E-state index is 12.8. The number of hydrogen-bond acceptors (Lipinski definition) is 5. The molecule has 2 heterocycles. The van der Waals surface area contributed by atoms with E-state index in [4.69, 9.17) is 0 Å². The van der Waals surface area contributed by atoms with E-state index in [-0.39, 0.29) is 11.7 Å². The molecule has 30 heavy (non-hydrogen) atoms. The van der Waals surface area contributed by atoms with Crippen LogP contribution in [0.3, 0.4) is 0 Å². The molecule has 1 amide bonds. The van der Waals surface area contributed by atoms with Crippen molar-refractivity contribution in [3.05, 3.63) is 29.8 Å². The maximum Gasteiger partial charge on any atom is 0.236 e. The Morgan fingerprint density at radius 3 is 2.07 bits per heavy atom. The number of rotatable bonds is 5. The minimum atomic E-state index is 0.101. The van der Waals surface area contributed by atoms with Crippen LogP contribution in [0, 0.1) is 0 Å². The summed E-state index contributed by atoms with van der Waals surface area (Å²) in [7, 11) is 0. The second kappa shape index (κ2) is 9.92. The molecule has 0 bridgehead atoms. The molecule has 0 unspecified atom stereocenters. The van der Waals surface area contributed by atoms with Crippen LogP contribution in [0.25, 0.3) is 0 Å². The van der Waals surface area contributed by atoms with E-state index in [1.54, 1.807) is 6.92 Å². The smallest absolute Gasteiger partial charge is 0.236 e. The summed E-state index contributed by atoms with van der Waals surface area (Å²) in [5, 5.41) is 0. The molecule has 3 aliphatic rings. The molecule has 3 fully saturated rings. The van der Waals surface area contributed by atoms with E-state index < -0.39 is 0 Å². The predicted molar refractivity (Wildman–Crippen MR) is 120 cm³/mol. The molecular formula is C24H36N4O2. The number of benzene rings is 1. The van der Waals surface area contributed by atoms with Crippen molar-refractivity contribution in [3.8, 4) is 0 Å². The lowest BCUT2D eigenvalue weighted by Crippen LogP contribution is -2.55. The predicted octanol–water partition coefficient (Wildman–Crippen LogP) is 2.49. The van der Waals surface area contributed by atoms with E-state index in [1.807, 2.05) is 24.3 Å². The molecule has 1 aromatic rings. The van der Waals surface area contributed by atoms with Gasteiger partial charge in [-0.25, -0.2) is 0 Å². The van der Waals surface area contributed by atoms with E-state index in [1.165, 1.54) is 32.1 Å². The quantitative estimate of drug-likeness (QED) is 0.696. The Morgan fingerprint density at radius 2 is 1.47 bits per heavy atom. The van der Waals surface area contributed by atoms with Crippen LogP contribution in [0.5, 0.6) is 0 Å². The standard InChI is InChI=1S/C24H36N4O2/c1-20(29)21-7-9-23(10-8-21)26-13-11-25(12-14-26)19-24(30)28-17-15-27(16-18-28)22-5-3-2-4-6-22/h7-10,22H,2-6,11-19H2,1H3. The molecule has 2 saturated heterocycles. The normalized spacial score (nSPS) is 22.3. The van der Waals surface area contributed by atoms with Crippen LogP contribution >= 0.6 is 0 Å². The molecule has 6 nitrogen and oxygen atoms in total. The molecule has 1 aliphatic carbocycles. The minimum Gasteiger partial charge on any atom is -0.369 e. The average molecular weight is 413 g/mol. The molecule has 0 atom stereocenters. The number of carbonyl (C=O) groups excluding carboxylic acids is 2. The summed E-state index contributed by atoms with van der Waals surface area (Å²) in [6, 6.07) is 8.63. The highest BCUT2D eigenvalue weighted by atomic mass is 16.2. The van der Waals surface area contributed by atoms with Crippen molar-refractivity contribution in [2.75, 3.05) is 63.8 Å². The Labute approximate surface area is 180 Å². The van der Waals surface area contributed by atoms with Crippen LogP contribution in [0.2, 0.25) is 0 Å². The molecule has 2 aliphatic heterocycles. The highest BCUT2D eigenvalue weighted by Crippen LogP contribution is 2.23. The van der Waals surface area contributed by atoms with Crippen molar-refractivity contribution < 1.29 is 9.59 Å². The summed E-state index contributed by atoms with van der Waals surface area (Å²) in [6.07, 6.45) is 6.82. The fourth-order valence-electron chi connectivity index (χ4n) is 5.15. The Bertz CT molecular complexity index is 713. The third kappa shape index (κ3) is 5.22. The third-order valence-corrected chi connectivity index (χ3v) is 7.13. The fourth-order valence-corrected chi connectivity index (χ4v) is 5.15. The number of carbonyl (C=O) groups is 2. The topological polar surface area (TPSA) is 47.1 Å². The van der Waals surface area contributed by atoms with Crippen molar-refractivity contribution in [1.82, 2.24) is 14.7 Å². The van der Waals surface area contributed by atoms with Crippen molar-refractivity contribution >= 4 is 17.4 Å². The van der Waals surface area contributed by atoms with Gasteiger partial charge < -0.3 is 9.80 Å². The van der Waals surface area contributed by atoms with E-state index in [9.17, 15) is 9.59 Å². The molecule has 4 rings (SSSR count). The van der Waals surface area contributed by atoms with Crippen LogP contribution in [0.1, 0.15) is 49.4 Å². The van der Waals surface area contributed by atoms with Crippen LogP contribution in [0.4, 0.5) is 5.69 Å². The summed E-state index contributed by atoms with van der Waals surface area (Å²) in [4.78, 5) is 33.6. The SMILES string of the molecule is CC(=O)c1ccc(N2CCN(CC(=O)N3CCN(C4CCCCC4)CC3)CC2)cc1. The second-order valence-corrected chi connectivity index (χ2v) is 9.07. The summed E-state index contributed by atoms with van der Waals surface area (Å²) in [5.74, 6) is 0.391. The number of amides is 1. The fraction of sp³-hybridized carbons (Fsp3) is 0.667. The van der Waals surface area contributed by atoms with Crippen LogP contribution in [0.15, 0.2) is 24.3 Å². The Kier molecular flexibility index (Phi) is 7.05. The maximum absolute atomic E-state index is 12.8. The van der Waals surface area contributed by atoms with Crippen LogP contribution in [-0.2, 0) is 4.79 Å². The molecule has 1 aromatic carbocycles. The lowest BCUT2D eigenvalue weighted by molar-refractivity contribution is -0.134. The molecule has 0 spiro atoms. The highest BCUT2D eigenvalue weighted by Gasteiger charge is 2.28. The van der Waals surface area contributed by atoms with Crippen molar-refractivity contribution in [1.29, 1.82) is 0 Å². The van der Waals surface area contributed by atoms with E-state index in [0.29, 0.717) is 6.54 Å². The van der Waals surface area contributed by atoms with Gasteiger partial charge in [-0.2, -0.15) is 0 Å². The van der Waals surface area contributed by atoms with Gasteiger partial charge in [0.25, 0.3) is 0 Å². The number of hydrogen-bond donors (Lipinski definition) is 0. The molecular weight excluding hydrogens is 376 g/mol. The van der Waals surface area contributed by atoms with Crippen LogP contribution in [-0.4, -0.2) is 91.3 Å². The van der Waals surface area contributed by atoms with E-state index in [2.05, 4.69) is 19.6 Å². The molecule has 0 N–H and O–H groups in total. The zero-order valence-electron chi connectivity index (χ0n) is 18.4. The Morgan fingerprint density at radius 1 is 0.833 bits per heavy atom.